The van der Waals surface area contributed by atoms with Crippen LogP contribution in [0.25, 0.3) is 11.6 Å². The van der Waals surface area contributed by atoms with Crippen molar-refractivity contribution in [2.45, 2.75) is 13.5 Å². The second-order valence-electron chi connectivity index (χ2n) is 6.23. The highest BCUT2D eigenvalue weighted by molar-refractivity contribution is 9.11. The minimum absolute atomic E-state index is 0.117. The third kappa shape index (κ3) is 4.89. The van der Waals surface area contributed by atoms with E-state index in [0.717, 1.165) is 16.7 Å². The Morgan fingerprint density at radius 3 is 2.32 bits per heavy atom. The molecule has 0 spiro atoms. The van der Waals surface area contributed by atoms with Gasteiger partial charge in [0.05, 0.1) is 20.6 Å². The Kier molecular flexibility index (Phi) is 6.66. The molecule has 0 heterocycles. The van der Waals surface area contributed by atoms with Gasteiger partial charge in [-0.15, -0.1) is 0 Å². The highest BCUT2D eigenvalue weighted by Gasteiger charge is 2.11. The van der Waals surface area contributed by atoms with Crippen LogP contribution in [0.1, 0.15) is 22.3 Å². The predicted octanol–water partition coefficient (Wildman–Crippen LogP) is 7.30. The maximum atomic E-state index is 13.8. The van der Waals surface area contributed by atoms with Gasteiger partial charge in [0.2, 0.25) is 0 Å². The van der Waals surface area contributed by atoms with Crippen molar-refractivity contribution >= 4 is 43.5 Å². The summed E-state index contributed by atoms with van der Waals surface area (Å²) in [5.74, 6) is 0.278. The number of rotatable bonds is 5. The van der Waals surface area contributed by atoms with Crippen molar-refractivity contribution in [3.05, 3.63) is 97.7 Å². The molecule has 0 atom stereocenters. The van der Waals surface area contributed by atoms with Gasteiger partial charge in [-0.3, -0.25) is 0 Å². The van der Waals surface area contributed by atoms with Gasteiger partial charge in [0.25, 0.3) is 0 Å². The SMILES string of the molecule is Cc1ccc(/C(C#N)=C/c2cc(Br)c(OCc3ccccc3F)c(Br)c2)cc1. The van der Waals surface area contributed by atoms with Crippen LogP contribution in [0, 0.1) is 24.1 Å². The van der Waals surface area contributed by atoms with Crippen LogP contribution >= 0.6 is 31.9 Å². The lowest BCUT2D eigenvalue weighted by molar-refractivity contribution is 0.296. The van der Waals surface area contributed by atoms with Crippen molar-refractivity contribution in [3.8, 4) is 11.8 Å². The largest absolute Gasteiger partial charge is 0.486 e. The molecule has 28 heavy (non-hydrogen) atoms. The summed E-state index contributed by atoms with van der Waals surface area (Å²) in [7, 11) is 0. The van der Waals surface area contributed by atoms with E-state index in [1.165, 1.54) is 6.07 Å². The lowest BCUT2D eigenvalue weighted by Gasteiger charge is -2.12. The minimum Gasteiger partial charge on any atom is -0.486 e. The first-order chi connectivity index (χ1) is 13.5. The number of benzene rings is 3. The number of ether oxygens (including phenoxy) is 1. The molecule has 2 nitrogen and oxygen atoms in total. The average Bonchev–Trinajstić information content (AvgIpc) is 2.67. The van der Waals surface area contributed by atoms with E-state index in [0.29, 0.717) is 25.8 Å². The summed E-state index contributed by atoms with van der Waals surface area (Å²) in [6.45, 7) is 2.12. The molecule has 0 aromatic heterocycles. The maximum absolute atomic E-state index is 13.8. The molecule has 0 unspecified atom stereocenters. The Balaban J connectivity index is 1.86. The molecule has 3 rings (SSSR count). The molecule has 140 valence electrons. The minimum atomic E-state index is -0.300. The summed E-state index contributed by atoms with van der Waals surface area (Å²) in [5, 5.41) is 9.54. The summed E-state index contributed by atoms with van der Waals surface area (Å²) >= 11 is 7.01. The standard InChI is InChI=1S/C23H16Br2FNO/c1-15-6-8-17(9-7-15)19(13-27)10-16-11-20(24)23(21(25)12-16)28-14-18-4-2-3-5-22(18)26/h2-12H,14H2,1H3/b19-10+. The highest BCUT2D eigenvalue weighted by Crippen LogP contribution is 2.36. The molecular formula is C23H16Br2FNO. The molecule has 3 aromatic carbocycles. The van der Waals surface area contributed by atoms with E-state index in [-0.39, 0.29) is 12.4 Å². The fourth-order valence-corrected chi connectivity index (χ4v) is 4.10. The fraction of sp³-hybridized carbons (Fsp3) is 0.0870. The summed E-state index contributed by atoms with van der Waals surface area (Å²) in [6, 6.07) is 20.3. The lowest BCUT2D eigenvalue weighted by atomic mass is 10.0. The van der Waals surface area contributed by atoms with Gasteiger partial charge in [0.1, 0.15) is 18.2 Å². The van der Waals surface area contributed by atoms with E-state index in [2.05, 4.69) is 37.9 Å². The number of allylic oxidation sites excluding steroid dienone is 1. The van der Waals surface area contributed by atoms with Crippen molar-refractivity contribution in [1.29, 1.82) is 5.26 Å². The zero-order chi connectivity index (χ0) is 20.1. The van der Waals surface area contributed by atoms with Gasteiger partial charge in [-0.2, -0.15) is 5.26 Å². The van der Waals surface area contributed by atoms with Crippen molar-refractivity contribution < 1.29 is 9.13 Å². The van der Waals surface area contributed by atoms with Crippen LogP contribution in [-0.4, -0.2) is 0 Å². The monoisotopic (exact) mass is 499 g/mol. The van der Waals surface area contributed by atoms with Gasteiger partial charge >= 0.3 is 0 Å². The average molecular weight is 501 g/mol. The first-order valence-corrected chi connectivity index (χ1v) is 10.1. The molecule has 5 heteroatoms. The first-order valence-electron chi connectivity index (χ1n) is 8.52. The van der Waals surface area contributed by atoms with Crippen molar-refractivity contribution in [1.82, 2.24) is 0 Å². The van der Waals surface area contributed by atoms with Crippen LogP contribution in [0.4, 0.5) is 4.39 Å². The molecule has 0 radical (unpaired) electrons. The van der Waals surface area contributed by atoms with Gasteiger partial charge in [-0.25, -0.2) is 4.39 Å². The smallest absolute Gasteiger partial charge is 0.148 e. The molecule has 3 aromatic rings. The Labute approximate surface area is 180 Å². The van der Waals surface area contributed by atoms with Gasteiger partial charge in [0, 0.05) is 5.56 Å². The van der Waals surface area contributed by atoms with Crippen LogP contribution < -0.4 is 4.74 Å². The van der Waals surface area contributed by atoms with E-state index in [1.54, 1.807) is 18.2 Å². The molecule has 0 saturated carbocycles. The Hall–Kier alpha value is -2.42. The quantitative estimate of drug-likeness (QED) is 0.272. The number of nitrogens with zero attached hydrogens (tertiary/aromatic N) is 1. The molecule has 0 saturated heterocycles. The van der Waals surface area contributed by atoms with E-state index in [1.807, 2.05) is 49.4 Å². The van der Waals surface area contributed by atoms with Gasteiger partial charge in [-0.1, -0.05) is 48.0 Å². The van der Waals surface area contributed by atoms with Crippen molar-refractivity contribution in [3.63, 3.8) is 0 Å². The van der Waals surface area contributed by atoms with Gasteiger partial charge in [-0.05, 0) is 74.2 Å². The van der Waals surface area contributed by atoms with Crippen LogP contribution in [0.15, 0.2) is 69.6 Å². The number of hydrogen-bond acceptors (Lipinski definition) is 2. The Bertz CT molecular complexity index is 1050. The zero-order valence-corrected chi connectivity index (χ0v) is 18.2. The fourth-order valence-electron chi connectivity index (χ4n) is 2.65. The second kappa shape index (κ2) is 9.18. The summed E-state index contributed by atoms with van der Waals surface area (Å²) in [5.41, 5.74) is 3.90. The highest BCUT2D eigenvalue weighted by atomic mass is 79.9. The van der Waals surface area contributed by atoms with E-state index >= 15 is 0 Å². The zero-order valence-electron chi connectivity index (χ0n) is 15.0. The van der Waals surface area contributed by atoms with Gasteiger partial charge < -0.3 is 4.74 Å². The van der Waals surface area contributed by atoms with Crippen LogP contribution in [-0.2, 0) is 6.61 Å². The summed E-state index contributed by atoms with van der Waals surface area (Å²) in [4.78, 5) is 0. The normalized spacial score (nSPS) is 11.2. The molecule has 0 N–H and O–H groups in total. The molecule has 0 aliphatic carbocycles. The topological polar surface area (TPSA) is 33.0 Å². The Morgan fingerprint density at radius 2 is 1.71 bits per heavy atom. The third-order valence-corrected chi connectivity index (χ3v) is 5.32. The van der Waals surface area contributed by atoms with E-state index in [9.17, 15) is 9.65 Å². The predicted molar refractivity (Wildman–Crippen MR) is 117 cm³/mol. The maximum Gasteiger partial charge on any atom is 0.148 e. The number of hydrogen-bond donors (Lipinski definition) is 0. The van der Waals surface area contributed by atoms with Gasteiger partial charge in [0.15, 0.2) is 0 Å². The second-order valence-corrected chi connectivity index (χ2v) is 7.94. The molecule has 0 amide bonds. The molecule has 0 aliphatic heterocycles. The molecule has 0 aliphatic rings. The molecular weight excluding hydrogens is 485 g/mol. The van der Waals surface area contributed by atoms with Crippen molar-refractivity contribution in [2.75, 3.05) is 0 Å². The first kappa shape index (κ1) is 20.3. The van der Waals surface area contributed by atoms with E-state index in [4.69, 9.17) is 4.74 Å². The summed E-state index contributed by atoms with van der Waals surface area (Å²) < 4.78 is 21.0. The number of aryl methyl sites for hydroxylation is 1. The summed E-state index contributed by atoms with van der Waals surface area (Å²) in [6.07, 6.45) is 1.82. The molecule has 0 bridgehead atoms. The lowest BCUT2D eigenvalue weighted by Crippen LogP contribution is -1.99. The van der Waals surface area contributed by atoms with Crippen molar-refractivity contribution in [2.24, 2.45) is 0 Å². The van der Waals surface area contributed by atoms with E-state index < -0.39 is 0 Å². The molecule has 0 fully saturated rings. The number of halogens is 3. The van der Waals surface area contributed by atoms with Crippen LogP contribution in [0.5, 0.6) is 5.75 Å². The number of nitriles is 1. The third-order valence-electron chi connectivity index (χ3n) is 4.14. The van der Waals surface area contributed by atoms with Crippen LogP contribution in [0.3, 0.4) is 0 Å². The Morgan fingerprint density at radius 1 is 1.07 bits per heavy atom. The van der Waals surface area contributed by atoms with Crippen LogP contribution in [0.2, 0.25) is 0 Å².